The number of hydrogen-bond donors (Lipinski definition) is 1. The van der Waals surface area contributed by atoms with Crippen LogP contribution in [0.5, 0.6) is 0 Å². The Kier molecular flexibility index (Phi) is 6.10. The highest BCUT2D eigenvalue weighted by atomic mass is 16.7. The summed E-state index contributed by atoms with van der Waals surface area (Å²) >= 11 is 0. The van der Waals surface area contributed by atoms with Gasteiger partial charge >= 0.3 is 13.2 Å². The molecule has 1 saturated carbocycles. The Morgan fingerprint density at radius 2 is 1.68 bits per heavy atom. The minimum atomic E-state index is -0.776. The highest BCUT2D eigenvalue weighted by molar-refractivity contribution is 6.61. The van der Waals surface area contributed by atoms with Crippen LogP contribution in [0.1, 0.15) is 68.2 Å². The van der Waals surface area contributed by atoms with Crippen molar-refractivity contribution in [3.05, 3.63) is 12.4 Å². The zero-order valence-electron chi connectivity index (χ0n) is 19.7. The minimum Gasteiger partial charge on any atom is -0.444 e. The van der Waals surface area contributed by atoms with Crippen molar-refractivity contribution < 1.29 is 23.6 Å². The normalized spacial score (nSPS) is 20.8. The molecule has 1 aromatic heterocycles. The number of carbonyl (C=O) groups excluding carboxylic acids is 2. The third-order valence-corrected chi connectivity index (χ3v) is 5.65. The lowest BCUT2D eigenvalue weighted by molar-refractivity contribution is -0.120. The molecule has 31 heavy (non-hydrogen) atoms. The Hall–Kier alpha value is -2.20. The van der Waals surface area contributed by atoms with Crippen molar-refractivity contribution in [1.29, 1.82) is 0 Å². The second kappa shape index (κ2) is 8.05. The molecule has 10 heteroatoms. The van der Waals surface area contributed by atoms with Crippen LogP contribution in [0.4, 0.5) is 10.7 Å². The van der Waals surface area contributed by atoms with Gasteiger partial charge in [0.1, 0.15) is 11.6 Å². The van der Waals surface area contributed by atoms with E-state index in [0.29, 0.717) is 11.4 Å². The van der Waals surface area contributed by atoms with Crippen LogP contribution in [0.3, 0.4) is 0 Å². The summed E-state index contributed by atoms with van der Waals surface area (Å²) in [7, 11) is -0.572. The second-order valence-electron chi connectivity index (χ2n) is 10.2. The molecule has 0 radical (unpaired) electrons. The zero-order valence-corrected chi connectivity index (χ0v) is 19.7. The first kappa shape index (κ1) is 23.5. The zero-order chi connectivity index (χ0) is 23.2. The molecule has 170 valence electrons. The number of hydrogen-bond acceptors (Lipinski definition) is 7. The molecule has 0 aromatic carbocycles. The van der Waals surface area contributed by atoms with E-state index in [9.17, 15) is 9.59 Å². The van der Waals surface area contributed by atoms with Gasteiger partial charge in [-0.05, 0) is 68.2 Å². The van der Waals surface area contributed by atoms with Crippen LogP contribution < -0.4 is 15.7 Å². The molecule has 2 amide bonds. The van der Waals surface area contributed by atoms with Crippen molar-refractivity contribution in [2.75, 3.05) is 4.90 Å². The number of ether oxygens (including phenoxy) is 1. The molecule has 1 atom stereocenters. The highest BCUT2D eigenvalue weighted by Gasteiger charge is 2.52. The standard InChI is InChI=1S/C21H33BN4O5/c1-13(25-18(28)29-19(2,3)4)16(27)26(15-9-10-15)17-23-11-14(12-24-17)22-30-20(5,6)21(7,8)31-22/h11-13,15H,9-10H2,1-8H3,(H,25,28). The van der Waals surface area contributed by atoms with Crippen molar-refractivity contribution >= 4 is 30.5 Å². The van der Waals surface area contributed by atoms with Gasteiger partial charge in [0.15, 0.2) is 0 Å². The Balaban J connectivity index is 1.71. The van der Waals surface area contributed by atoms with Gasteiger partial charge in [0.2, 0.25) is 5.95 Å². The van der Waals surface area contributed by atoms with E-state index in [1.807, 2.05) is 27.7 Å². The molecular formula is C21H33BN4O5. The smallest absolute Gasteiger partial charge is 0.444 e. The van der Waals surface area contributed by atoms with Gasteiger partial charge in [-0.25, -0.2) is 14.8 Å². The molecule has 1 unspecified atom stereocenters. The van der Waals surface area contributed by atoms with Crippen LogP contribution in [0.2, 0.25) is 0 Å². The summed E-state index contributed by atoms with van der Waals surface area (Å²) in [5, 5.41) is 2.60. The highest BCUT2D eigenvalue weighted by Crippen LogP contribution is 2.36. The molecule has 2 heterocycles. The van der Waals surface area contributed by atoms with Crippen LogP contribution in [0.25, 0.3) is 0 Å². The number of anilines is 1. The number of rotatable bonds is 5. The lowest BCUT2D eigenvalue weighted by Crippen LogP contribution is -2.49. The molecule has 1 saturated heterocycles. The fourth-order valence-electron chi connectivity index (χ4n) is 3.09. The van der Waals surface area contributed by atoms with Gasteiger partial charge in [-0.3, -0.25) is 9.69 Å². The Morgan fingerprint density at radius 1 is 1.16 bits per heavy atom. The number of nitrogens with zero attached hydrogens (tertiary/aromatic N) is 3. The minimum absolute atomic E-state index is 0.0260. The first-order valence-corrected chi connectivity index (χ1v) is 10.7. The molecule has 2 aliphatic rings. The summed E-state index contributed by atoms with van der Waals surface area (Å²) in [5.41, 5.74) is -0.884. The monoisotopic (exact) mass is 432 g/mol. The van der Waals surface area contributed by atoms with Crippen molar-refractivity contribution in [3.8, 4) is 0 Å². The average Bonchev–Trinajstić information content (AvgIpc) is 3.41. The van der Waals surface area contributed by atoms with Gasteiger partial charge in [-0.1, -0.05) is 0 Å². The predicted octanol–water partition coefficient (Wildman–Crippen LogP) is 2.18. The van der Waals surface area contributed by atoms with E-state index >= 15 is 0 Å². The van der Waals surface area contributed by atoms with E-state index in [0.717, 1.165) is 12.8 Å². The number of amides is 2. The Labute approximate surface area is 184 Å². The third kappa shape index (κ3) is 5.35. The van der Waals surface area contributed by atoms with Gasteiger partial charge in [-0.15, -0.1) is 0 Å². The summed E-state index contributed by atoms with van der Waals surface area (Å²) in [4.78, 5) is 35.5. The van der Waals surface area contributed by atoms with Gasteiger partial charge in [0.05, 0.1) is 11.2 Å². The molecule has 2 fully saturated rings. The van der Waals surface area contributed by atoms with Gasteiger partial charge in [0, 0.05) is 23.9 Å². The van der Waals surface area contributed by atoms with Crippen molar-refractivity contribution in [2.45, 2.75) is 97.1 Å². The summed E-state index contributed by atoms with van der Waals surface area (Å²) in [6, 6.07) is -0.750. The summed E-state index contributed by atoms with van der Waals surface area (Å²) in [5.74, 6) is 0.0161. The van der Waals surface area contributed by atoms with E-state index in [2.05, 4.69) is 15.3 Å². The Morgan fingerprint density at radius 3 is 2.13 bits per heavy atom. The molecule has 0 spiro atoms. The van der Waals surface area contributed by atoms with Gasteiger partial charge in [-0.2, -0.15) is 0 Å². The van der Waals surface area contributed by atoms with E-state index in [1.54, 1.807) is 45.0 Å². The van der Waals surface area contributed by atoms with Gasteiger partial charge < -0.3 is 19.4 Å². The van der Waals surface area contributed by atoms with E-state index in [-0.39, 0.29) is 11.9 Å². The molecule has 0 bridgehead atoms. The van der Waals surface area contributed by atoms with E-state index in [4.69, 9.17) is 14.0 Å². The van der Waals surface area contributed by atoms with Crippen molar-refractivity contribution in [3.63, 3.8) is 0 Å². The average molecular weight is 432 g/mol. The summed E-state index contributed by atoms with van der Waals surface area (Å²) in [6.07, 6.45) is 4.35. The lowest BCUT2D eigenvalue weighted by Gasteiger charge is -2.32. The number of alkyl carbamates (subject to hydrolysis) is 1. The van der Waals surface area contributed by atoms with Crippen LogP contribution in [0.15, 0.2) is 12.4 Å². The van der Waals surface area contributed by atoms with Crippen LogP contribution in [-0.4, -0.2) is 58.0 Å². The molecule has 3 rings (SSSR count). The van der Waals surface area contributed by atoms with E-state index < -0.39 is 36.1 Å². The van der Waals surface area contributed by atoms with Crippen molar-refractivity contribution in [1.82, 2.24) is 15.3 Å². The summed E-state index contributed by atoms with van der Waals surface area (Å²) in [6.45, 7) is 14.9. The second-order valence-corrected chi connectivity index (χ2v) is 10.2. The predicted molar refractivity (Wildman–Crippen MR) is 117 cm³/mol. The van der Waals surface area contributed by atoms with Gasteiger partial charge in [0.25, 0.3) is 5.91 Å². The molecule has 1 aliphatic carbocycles. The molecule has 1 N–H and O–H groups in total. The maximum atomic E-state index is 13.1. The fourth-order valence-corrected chi connectivity index (χ4v) is 3.09. The number of carbonyl (C=O) groups is 2. The molecule has 1 aromatic rings. The maximum Gasteiger partial charge on any atom is 0.498 e. The first-order chi connectivity index (χ1) is 14.2. The van der Waals surface area contributed by atoms with Crippen LogP contribution >= 0.6 is 0 Å². The molecule has 9 nitrogen and oxygen atoms in total. The quantitative estimate of drug-likeness (QED) is 0.712. The van der Waals surface area contributed by atoms with Crippen LogP contribution in [0, 0.1) is 0 Å². The number of aromatic nitrogens is 2. The van der Waals surface area contributed by atoms with Crippen molar-refractivity contribution in [2.24, 2.45) is 0 Å². The maximum absolute atomic E-state index is 13.1. The lowest BCUT2D eigenvalue weighted by atomic mass is 9.81. The van der Waals surface area contributed by atoms with Crippen LogP contribution in [-0.2, 0) is 18.8 Å². The topological polar surface area (TPSA) is 103 Å². The molecular weight excluding hydrogens is 399 g/mol. The SMILES string of the molecule is CC(NC(=O)OC(C)(C)C)C(=O)N(c1ncc(B2OC(C)(C)C(C)(C)O2)cn1)C1CC1. The fraction of sp³-hybridized carbons (Fsp3) is 0.714. The number of nitrogens with one attached hydrogen (secondary N) is 1. The largest absolute Gasteiger partial charge is 0.498 e. The third-order valence-electron chi connectivity index (χ3n) is 5.65. The Bertz CT molecular complexity index is 817. The molecule has 1 aliphatic heterocycles. The first-order valence-electron chi connectivity index (χ1n) is 10.7. The van der Waals surface area contributed by atoms with E-state index in [1.165, 1.54) is 0 Å². The summed E-state index contributed by atoms with van der Waals surface area (Å²) < 4.78 is 17.3.